The molecular weight excluding hydrogens is 618 g/mol. The van der Waals surface area contributed by atoms with E-state index in [0.717, 1.165) is 12.0 Å². The zero-order valence-electron chi connectivity index (χ0n) is 25.0. The van der Waals surface area contributed by atoms with Crippen molar-refractivity contribution < 1.29 is 19.0 Å². The first kappa shape index (κ1) is 32.6. The Bertz CT molecular complexity index is 1670. The maximum atomic E-state index is 15.3. The van der Waals surface area contributed by atoms with Gasteiger partial charge in [-0.1, -0.05) is 53.5 Å². The van der Waals surface area contributed by atoms with Gasteiger partial charge < -0.3 is 31.1 Å². The van der Waals surface area contributed by atoms with Gasteiger partial charge in [0.15, 0.2) is 5.82 Å². The first-order chi connectivity index (χ1) is 21.7. The predicted molar refractivity (Wildman–Crippen MR) is 175 cm³/mol. The standard InChI is InChI=1S/C33H35Cl2FN6O3/c1-19(43)15-37-16-20-5-3-8-27(31(20)36)41-26-7-4-6-24(29(26)34)32-30(35)23(13-14-39-32)25-11-9-21(33(42-25)45-2)17-38-18-22-10-12-28(44)40-22/h3-9,11,13-14,19,22,37-38,41,43H,10,12,15-18H2,1-2H3,(H,40,44)/t19-,22-/m0/s1. The molecule has 0 bridgehead atoms. The third kappa shape index (κ3) is 7.89. The molecule has 45 heavy (non-hydrogen) atoms. The molecule has 2 aromatic heterocycles. The molecule has 5 N–H and O–H groups in total. The molecule has 0 spiro atoms. The number of aliphatic hydroxyl groups excluding tert-OH is 1. The molecule has 0 saturated carbocycles. The van der Waals surface area contributed by atoms with Crippen LogP contribution in [0.25, 0.3) is 22.5 Å². The van der Waals surface area contributed by atoms with Crippen LogP contribution in [0.5, 0.6) is 5.88 Å². The molecular formula is C33H35Cl2FN6O3. The van der Waals surface area contributed by atoms with Gasteiger partial charge in [0, 0.05) is 67.1 Å². The Kier molecular flexibility index (Phi) is 10.9. The number of carbonyl (C=O) groups is 1. The minimum Gasteiger partial charge on any atom is -0.481 e. The van der Waals surface area contributed by atoms with Crippen molar-refractivity contribution >= 4 is 40.5 Å². The van der Waals surface area contributed by atoms with Gasteiger partial charge in [0.1, 0.15) is 0 Å². The van der Waals surface area contributed by atoms with Crippen LogP contribution in [0.2, 0.25) is 10.0 Å². The van der Waals surface area contributed by atoms with E-state index >= 15 is 4.39 Å². The van der Waals surface area contributed by atoms with E-state index in [1.54, 1.807) is 62.7 Å². The van der Waals surface area contributed by atoms with Crippen molar-refractivity contribution in [3.8, 4) is 28.4 Å². The van der Waals surface area contributed by atoms with E-state index in [9.17, 15) is 9.90 Å². The lowest BCUT2D eigenvalue weighted by Crippen LogP contribution is -2.35. The van der Waals surface area contributed by atoms with Crippen LogP contribution in [-0.4, -0.2) is 53.3 Å². The maximum absolute atomic E-state index is 15.3. The van der Waals surface area contributed by atoms with Crippen molar-refractivity contribution in [3.05, 3.63) is 87.8 Å². The lowest BCUT2D eigenvalue weighted by Gasteiger charge is -2.16. The van der Waals surface area contributed by atoms with Crippen LogP contribution < -0.4 is 26.0 Å². The number of carbonyl (C=O) groups excluding carboxylic acids is 1. The van der Waals surface area contributed by atoms with Gasteiger partial charge in [-0.05, 0) is 37.6 Å². The lowest BCUT2D eigenvalue weighted by atomic mass is 10.0. The molecule has 1 aliphatic rings. The van der Waals surface area contributed by atoms with Crippen molar-refractivity contribution in [1.82, 2.24) is 25.9 Å². The highest BCUT2D eigenvalue weighted by Gasteiger charge is 2.21. The Hall–Kier alpha value is -3.80. The molecule has 236 valence electrons. The molecule has 9 nitrogen and oxygen atoms in total. The molecule has 0 aliphatic carbocycles. The number of hydrogen-bond donors (Lipinski definition) is 5. The zero-order chi connectivity index (χ0) is 31.9. The highest BCUT2D eigenvalue weighted by Crippen LogP contribution is 2.41. The van der Waals surface area contributed by atoms with Gasteiger partial charge >= 0.3 is 0 Å². The van der Waals surface area contributed by atoms with E-state index < -0.39 is 11.9 Å². The second-order valence-corrected chi connectivity index (χ2v) is 11.6. The summed E-state index contributed by atoms with van der Waals surface area (Å²) >= 11 is 13.8. The normalized spacial score (nSPS) is 15.2. The zero-order valence-corrected chi connectivity index (χ0v) is 26.5. The van der Waals surface area contributed by atoms with E-state index in [4.69, 9.17) is 32.9 Å². The van der Waals surface area contributed by atoms with Crippen LogP contribution >= 0.6 is 23.2 Å². The Morgan fingerprint density at radius 1 is 1.02 bits per heavy atom. The molecule has 1 amide bonds. The summed E-state index contributed by atoms with van der Waals surface area (Å²) in [7, 11) is 1.56. The second kappa shape index (κ2) is 15.0. The Labute approximate surface area is 271 Å². The Balaban J connectivity index is 1.36. The SMILES string of the molecule is COc1nc(-c2ccnc(-c3cccc(Nc4cccc(CNC[C@H](C)O)c4F)c3Cl)c2Cl)ccc1CNC[C@@H]1CCC(=O)N1. The second-order valence-electron chi connectivity index (χ2n) is 10.9. The summed E-state index contributed by atoms with van der Waals surface area (Å²) in [6, 6.07) is 16.1. The first-order valence-electron chi connectivity index (χ1n) is 14.7. The molecule has 12 heteroatoms. The quantitative estimate of drug-likeness (QED) is 0.122. The van der Waals surface area contributed by atoms with Gasteiger partial charge in [-0.15, -0.1) is 0 Å². The molecule has 5 rings (SSSR count). The number of aliphatic hydroxyl groups is 1. The number of nitrogens with one attached hydrogen (secondary N) is 4. The van der Waals surface area contributed by atoms with E-state index in [-0.39, 0.29) is 24.2 Å². The van der Waals surface area contributed by atoms with E-state index in [0.29, 0.717) is 75.7 Å². The van der Waals surface area contributed by atoms with Crippen molar-refractivity contribution in [2.75, 3.05) is 25.5 Å². The summed E-state index contributed by atoms with van der Waals surface area (Å²) in [4.78, 5) is 20.7. The number of benzene rings is 2. The van der Waals surface area contributed by atoms with Gasteiger partial charge in [-0.3, -0.25) is 9.78 Å². The van der Waals surface area contributed by atoms with Crippen molar-refractivity contribution in [1.29, 1.82) is 0 Å². The number of rotatable bonds is 13. The molecule has 4 aromatic rings. The number of aromatic nitrogens is 2. The molecule has 2 aromatic carbocycles. The fourth-order valence-corrected chi connectivity index (χ4v) is 5.73. The van der Waals surface area contributed by atoms with Crippen LogP contribution in [0, 0.1) is 5.82 Å². The molecule has 1 aliphatic heterocycles. The van der Waals surface area contributed by atoms with Crippen molar-refractivity contribution in [2.24, 2.45) is 0 Å². The molecule has 0 unspecified atom stereocenters. The van der Waals surface area contributed by atoms with Crippen LogP contribution in [0.15, 0.2) is 60.8 Å². The summed E-state index contributed by atoms with van der Waals surface area (Å²) in [5.41, 5.74) is 4.33. The fraction of sp³-hybridized carbons (Fsp3) is 0.303. The Morgan fingerprint density at radius 3 is 2.56 bits per heavy atom. The number of anilines is 2. The van der Waals surface area contributed by atoms with Crippen LogP contribution in [-0.2, 0) is 17.9 Å². The summed E-state index contributed by atoms with van der Waals surface area (Å²) in [6.07, 6.45) is 2.48. The van der Waals surface area contributed by atoms with Crippen LogP contribution in [0.3, 0.4) is 0 Å². The topological polar surface area (TPSA) is 120 Å². The van der Waals surface area contributed by atoms with Crippen molar-refractivity contribution in [2.45, 2.75) is 45.0 Å². The average Bonchev–Trinajstić information content (AvgIpc) is 3.45. The Morgan fingerprint density at radius 2 is 1.80 bits per heavy atom. The highest BCUT2D eigenvalue weighted by atomic mass is 35.5. The lowest BCUT2D eigenvalue weighted by molar-refractivity contribution is -0.119. The molecule has 1 fully saturated rings. The number of halogens is 3. The molecule has 1 saturated heterocycles. The van der Waals surface area contributed by atoms with Gasteiger partial charge in [0.2, 0.25) is 11.8 Å². The highest BCUT2D eigenvalue weighted by molar-refractivity contribution is 6.39. The average molecular weight is 654 g/mol. The number of ether oxygens (including phenoxy) is 1. The predicted octanol–water partition coefficient (Wildman–Crippen LogP) is 5.85. The van der Waals surface area contributed by atoms with E-state index in [1.807, 2.05) is 12.1 Å². The third-order valence-corrected chi connectivity index (χ3v) is 8.24. The fourth-order valence-electron chi connectivity index (χ4n) is 5.16. The van der Waals surface area contributed by atoms with Gasteiger partial charge in [0.05, 0.1) is 46.0 Å². The van der Waals surface area contributed by atoms with Crippen LogP contribution in [0.4, 0.5) is 15.8 Å². The van der Waals surface area contributed by atoms with Crippen molar-refractivity contribution in [3.63, 3.8) is 0 Å². The number of pyridine rings is 2. The summed E-state index contributed by atoms with van der Waals surface area (Å²) in [6.45, 7) is 3.46. The maximum Gasteiger partial charge on any atom is 0.220 e. The largest absolute Gasteiger partial charge is 0.481 e. The monoisotopic (exact) mass is 652 g/mol. The van der Waals surface area contributed by atoms with Gasteiger partial charge in [0.25, 0.3) is 0 Å². The minimum atomic E-state index is -0.534. The smallest absolute Gasteiger partial charge is 0.220 e. The van der Waals surface area contributed by atoms with E-state index in [2.05, 4.69) is 26.3 Å². The summed E-state index contributed by atoms with van der Waals surface area (Å²) in [5.74, 6) is 0.124. The molecule has 2 atom stereocenters. The number of methoxy groups -OCH3 is 1. The molecule has 3 heterocycles. The third-order valence-electron chi connectivity index (χ3n) is 7.45. The summed E-state index contributed by atoms with van der Waals surface area (Å²) in [5, 5.41) is 22.6. The van der Waals surface area contributed by atoms with Gasteiger partial charge in [-0.2, -0.15) is 0 Å². The number of nitrogens with zero attached hydrogens (tertiary/aromatic N) is 2. The van der Waals surface area contributed by atoms with E-state index in [1.165, 1.54) is 0 Å². The first-order valence-corrected chi connectivity index (χ1v) is 15.4. The van der Waals surface area contributed by atoms with Crippen LogP contribution in [0.1, 0.15) is 30.9 Å². The summed E-state index contributed by atoms with van der Waals surface area (Å²) < 4.78 is 20.9. The number of hydrogen-bond acceptors (Lipinski definition) is 8. The molecule has 0 radical (unpaired) electrons. The number of amides is 1. The van der Waals surface area contributed by atoms with Gasteiger partial charge in [-0.25, -0.2) is 9.37 Å². The minimum absolute atomic E-state index is 0.0840.